The van der Waals surface area contributed by atoms with Gasteiger partial charge in [0.05, 0.1) is 9.35 Å². The summed E-state index contributed by atoms with van der Waals surface area (Å²) in [4.78, 5) is 12.2. The van der Waals surface area contributed by atoms with Gasteiger partial charge in [-0.3, -0.25) is 0 Å². The molecule has 0 saturated heterocycles. The second-order valence-electron chi connectivity index (χ2n) is 3.54. The Morgan fingerprint density at radius 2 is 2.06 bits per heavy atom. The lowest BCUT2D eigenvalue weighted by atomic mass is 10.2. The minimum absolute atomic E-state index is 0.284. The summed E-state index contributed by atoms with van der Waals surface area (Å²) in [6.45, 7) is 0.596. The third-order valence-electron chi connectivity index (χ3n) is 2.31. The summed E-state index contributed by atoms with van der Waals surface area (Å²) >= 11 is 8.46. The van der Waals surface area contributed by atoms with Crippen LogP contribution < -0.4 is 5.32 Å². The SMILES string of the molecule is O=C(O)c1ccccc1NCc1cc(Br)c(Br)s1. The number of rotatable bonds is 4. The molecular weight excluding hydrogens is 382 g/mol. The molecule has 2 rings (SSSR count). The summed E-state index contributed by atoms with van der Waals surface area (Å²) in [6.07, 6.45) is 0. The van der Waals surface area contributed by atoms with E-state index in [1.165, 1.54) is 0 Å². The molecule has 2 aromatic rings. The van der Waals surface area contributed by atoms with Crippen molar-refractivity contribution >= 4 is 54.9 Å². The molecule has 94 valence electrons. The maximum Gasteiger partial charge on any atom is 0.337 e. The molecule has 2 N–H and O–H groups in total. The number of para-hydroxylation sites is 1. The Morgan fingerprint density at radius 1 is 1.33 bits per heavy atom. The normalized spacial score (nSPS) is 10.3. The molecule has 18 heavy (non-hydrogen) atoms. The first-order valence-corrected chi connectivity index (χ1v) is 7.48. The van der Waals surface area contributed by atoms with E-state index in [4.69, 9.17) is 5.11 Å². The highest BCUT2D eigenvalue weighted by Gasteiger charge is 2.09. The van der Waals surface area contributed by atoms with Gasteiger partial charge in [-0.05, 0) is 50.1 Å². The van der Waals surface area contributed by atoms with Crippen LogP contribution in [0.2, 0.25) is 0 Å². The summed E-state index contributed by atoms with van der Waals surface area (Å²) < 4.78 is 2.04. The quantitative estimate of drug-likeness (QED) is 0.802. The standard InChI is InChI=1S/C12H9Br2NO2S/c13-9-5-7(18-11(9)14)6-15-10-4-2-1-3-8(10)12(16)17/h1-5,15H,6H2,(H,16,17). The topological polar surface area (TPSA) is 49.3 Å². The molecule has 3 nitrogen and oxygen atoms in total. The van der Waals surface area contributed by atoms with Gasteiger partial charge >= 0.3 is 5.97 Å². The highest BCUT2D eigenvalue weighted by Crippen LogP contribution is 2.32. The molecule has 0 atom stereocenters. The lowest BCUT2D eigenvalue weighted by Crippen LogP contribution is -2.05. The van der Waals surface area contributed by atoms with Gasteiger partial charge in [-0.25, -0.2) is 4.79 Å². The summed E-state index contributed by atoms with van der Waals surface area (Å²) in [5.41, 5.74) is 0.915. The number of hydrogen-bond acceptors (Lipinski definition) is 3. The first-order valence-electron chi connectivity index (χ1n) is 5.08. The van der Waals surface area contributed by atoms with Crippen molar-refractivity contribution in [3.8, 4) is 0 Å². The fourth-order valence-corrected chi connectivity index (χ4v) is 3.60. The number of thiophene rings is 1. The molecule has 0 amide bonds. The van der Waals surface area contributed by atoms with Crippen molar-refractivity contribution in [1.82, 2.24) is 0 Å². The maximum atomic E-state index is 11.0. The number of aromatic carboxylic acids is 1. The van der Waals surface area contributed by atoms with Crippen molar-refractivity contribution < 1.29 is 9.90 Å². The molecule has 0 fully saturated rings. The summed E-state index contributed by atoms with van der Waals surface area (Å²) in [5, 5.41) is 12.2. The Bertz CT molecular complexity index is 564. The zero-order valence-corrected chi connectivity index (χ0v) is 13.1. The maximum absolute atomic E-state index is 11.0. The van der Waals surface area contributed by atoms with E-state index in [2.05, 4.69) is 37.2 Å². The molecule has 1 aromatic carbocycles. The molecule has 1 aromatic heterocycles. The second-order valence-corrected chi connectivity index (χ2v) is 6.85. The number of benzene rings is 1. The smallest absolute Gasteiger partial charge is 0.337 e. The Kier molecular flexibility index (Phi) is 4.42. The molecule has 1 heterocycles. The van der Waals surface area contributed by atoms with Gasteiger partial charge in [0, 0.05) is 21.6 Å². The molecule has 0 aliphatic carbocycles. The lowest BCUT2D eigenvalue weighted by Gasteiger charge is -2.07. The van der Waals surface area contributed by atoms with Gasteiger partial charge in [0.2, 0.25) is 0 Å². The number of anilines is 1. The molecule has 0 spiro atoms. The highest BCUT2D eigenvalue weighted by atomic mass is 79.9. The molecule has 0 bridgehead atoms. The third kappa shape index (κ3) is 3.13. The van der Waals surface area contributed by atoms with E-state index in [0.29, 0.717) is 12.2 Å². The van der Waals surface area contributed by atoms with Crippen molar-refractivity contribution in [2.75, 3.05) is 5.32 Å². The Balaban J connectivity index is 2.13. The van der Waals surface area contributed by atoms with Crippen molar-refractivity contribution in [2.45, 2.75) is 6.54 Å². The first kappa shape index (κ1) is 13.6. The minimum atomic E-state index is -0.924. The van der Waals surface area contributed by atoms with Crippen LogP contribution in [0.15, 0.2) is 38.6 Å². The lowest BCUT2D eigenvalue weighted by molar-refractivity contribution is 0.0698. The Hall–Kier alpha value is -0.850. The molecule has 0 radical (unpaired) electrons. The molecule has 0 saturated carbocycles. The molecular formula is C12H9Br2NO2S. The van der Waals surface area contributed by atoms with E-state index in [0.717, 1.165) is 13.1 Å². The van der Waals surface area contributed by atoms with Gasteiger partial charge in [0.15, 0.2) is 0 Å². The number of carboxylic acid groups (broad SMARTS) is 1. The van der Waals surface area contributed by atoms with Crippen molar-refractivity contribution in [1.29, 1.82) is 0 Å². The zero-order chi connectivity index (χ0) is 13.1. The van der Waals surface area contributed by atoms with Gasteiger partial charge in [0.1, 0.15) is 0 Å². The number of hydrogen-bond donors (Lipinski definition) is 2. The average molecular weight is 391 g/mol. The number of carbonyl (C=O) groups is 1. The Labute approximate surface area is 125 Å². The van der Waals surface area contributed by atoms with Gasteiger partial charge in [0.25, 0.3) is 0 Å². The fraction of sp³-hybridized carbons (Fsp3) is 0.0833. The van der Waals surface area contributed by atoms with Crippen LogP contribution in [0.25, 0.3) is 0 Å². The number of carboxylic acids is 1. The zero-order valence-electron chi connectivity index (χ0n) is 9.11. The minimum Gasteiger partial charge on any atom is -0.478 e. The third-order valence-corrected chi connectivity index (χ3v) is 5.56. The van der Waals surface area contributed by atoms with Crippen LogP contribution >= 0.6 is 43.2 Å². The molecule has 6 heteroatoms. The van der Waals surface area contributed by atoms with Crippen molar-refractivity contribution in [3.63, 3.8) is 0 Å². The molecule has 0 aliphatic heterocycles. The van der Waals surface area contributed by atoms with Gasteiger partial charge < -0.3 is 10.4 Å². The van der Waals surface area contributed by atoms with E-state index in [1.807, 2.05) is 12.1 Å². The van der Waals surface area contributed by atoms with Gasteiger partial charge in [-0.15, -0.1) is 11.3 Å². The van der Waals surface area contributed by atoms with Crippen molar-refractivity contribution in [3.05, 3.63) is 49.0 Å². The van der Waals surface area contributed by atoms with Crippen LogP contribution in [0.3, 0.4) is 0 Å². The van der Waals surface area contributed by atoms with Crippen LogP contribution in [0.1, 0.15) is 15.2 Å². The van der Waals surface area contributed by atoms with E-state index in [-0.39, 0.29) is 5.56 Å². The highest BCUT2D eigenvalue weighted by molar-refractivity contribution is 9.13. The van der Waals surface area contributed by atoms with E-state index < -0.39 is 5.97 Å². The molecule has 0 aliphatic rings. The predicted molar refractivity (Wildman–Crippen MR) is 80.4 cm³/mol. The number of nitrogens with one attached hydrogen (secondary N) is 1. The van der Waals surface area contributed by atoms with Crippen LogP contribution in [0.4, 0.5) is 5.69 Å². The van der Waals surface area contributed by atoms with Crippen LogP contribution in [0.5, 0.6) is 0 Å². The largest absolute Gasteiger partial charge is 0.478 e. The fourth-order valence-electron chi connectivity index (χ4n) is 1.48. The summed E-state index contributed by atoms with van der Waals surface area (Å²) in [6, 6.07) is 8.89. The predicted octanol–water partition coefficient (Wildman–Crippen LogP) is 4.58. The van der Waals surface area contributed by atoms with E-state index in [9.17, 15) is 4.79 Å². The summed E-state index contributed by atoms with van der Waals surface area (Å²) in [7, 11) is 0. The van der Waals surface area contributed by atoms with Gasteiger partial charge in [-0.2, -0.15) is 0 Å². The van der Waals surface area contributed by atoms with Crippen molar-refractivity contribution in [2.24, 2.45) is 0 Å². The first-order chi connectivity index (χ1) is 8.58. The Morgan fingerprint density at radius 3 is 2.67 bits per heavy atom. The summed E-state index contributed by atoms with van der Waals surface area (Å²) in [5.74, 6) is -0.924. The second kappa shape index (κ2) is 5.86. The van der Waals surface area contributed by atoms with Crippen LogP contribution in [-0.4, -0.2) is 11.1 Å². The van der Waals surface area contributed by atoms with Gasteiger partial charge in [-0.1, -0.05) is 12.1 Å². The average Bonchev–Trinajstić information content (AvgIpc) is 2.66. The monoisotopic (exact) mass is 389 g/mol. The molecule has 0 unspecified atom stereocenters. The van der Waals surface area contributed by atoms with Crippen LogP contribution in [-0.2, 0) is 6.54 Å². The van der Waals surface area contributed by atoms with Crippen LogP contribution in [0, 0.1) is 0 Å². The van der Waals surface area contributed by atoms with E-state index >= 15 is 0 Å². The number of halogens is 2. The van der Waals surface area contributed by atoms with E-state index in [1.54, 1.807) is 29.5 Å².